The first kappa shape index (κ1) is 10.1. The Hall–Kier alpha value is -0.450. The Morgan fingerprint density at radius 1 is 1.50 bits per heavy atom. The summed E-state index contributed by atoms with van der Waals surface area (Å²) in [7, 11) is 0. The van der Waals surface area contributed by atoms with Gasteiger partial charge in [-0.15, -0.1) is 0 Å². The summed E-state index contributed by atoms with van der Waals surface area (Å²) in [6.45, 7) is 7.94. The molecule has 0 aromatic carbocycles. The van der Waals surface area contributed by atoms with E-state index in [1.807, 2.05) is 6.07 Å². The lowest BCUT2D eigenvalue weighted by Gasteiger charge is -2.52. The van der Waals surface area contributed by atoms with E-state index in [1.54, 1.807) is 6.20 Å². The normalized spacial score (nSPS) is 22.0. The van der Waals surface area contributed by atoms with Crippen molar-refractivity contribution in [3.63, 3.8) is 0 Å². The van der Waals surface area contributed by atoms with Gasteiger partial charge < -0.3 is 5.11 Å². The van der Waals surface area contributed by atoms with Crippen LogP contribution in [-0.4, -0.2) is 33.0 Å². The highest BCUT2D eigenvalue weighted by Gasteiger charge is 2.47. The van der Waals surface area contributed by atoms with Crippen LogP contribution in [0, 0.1) is 0 Å². The fourth-order valence-corrected chi connectivity index (χ4v) is 2.33. The Morgan fingerprint density at radius 3 is 2.57 bits per heavy atom. The summed E-state index contributed by atoms with van der Waals surface area (Å²) in [4.78, 5) is 3.25. The van der Waals surface area contributed by atoms with Crippen LogP contribution >= 0.6 is 11.5 Å². The standard InChI is InChI=1S/C10H16N2OS/c1-9(2,3)12-6-10(13,7-12)8-4-5-11-14-8/h4-5,13H,6-7H2,1-3H3. The third-order valence-corrected chi connectivity index (χ3v) is 3.69. The van der Waals surface area contributed by atoms with Crippen LogP contribution in [0.1, 0.15) is 25.6 Å². The van der Waals surface area contributed by atoms with Gasteiger partial charge in [0, 0.05) is 24.8 Å². The van der Waals surface area contributed by atoms with Gasteiger partial charge in [-0.3, -0.25) is 4.90 Å². The first-order chi connectivity index (χ1) is 6.42. The highest BCUT2D eigenvalue weighted by atomic mass is 32.1. The molecule has 0 bridgehead atoms. The van der Waals surface area contributed by atoms with E-state index in [1.165, 1.54) is 11.5 Å². The molecule has 14 heavy (non-hydrogen) atoms. The number of rotatable bonds is 1. The second kappa shape index (κ2) is 3.02. The molecule has 1 saturated heterocycles. The van der Waals surface area contributed by atoms with Crippen molar-refractivity contribution in [2.24, 2.45) is 0 Å². The van der Waals surface area contributed by atoms with Crippen LogP contribution in [0.2, 0.25) is 0 Å². The molecule has 0 aliphatic carbocycles. The van der Waals surface area contributed by atoms with Crippen molar-refractivity contribution in [2.75, 3.05) is 13.1 Å². The molecule has 0 saturated carbocycles. The van der Waals surface area contributed by atoms with Gasteiger partial charge in [-0.25, -0.2) is 4.37 Å². The Morgan fingerprint density at radius 2 is 2.14 bits per heavy atom. The minimum absolute atomic E-state index is 0.150. The van der Waals surface area contributed by atoms with E-state index in [0.717, 1.165) is 18.0 Å². The van der Waals surface area contributed by atoms with Crippen molar-refractivity contribution < 1.29 is 5.11 Å². The molecule has 0 unspecified atom stereocenters. The fraction of sp³-hybridized carbons (Fsp3) is 0.700. The largest absolute Gasteiger partial charge is 0.382 e. The van der Waals surface area contributed by atoms with E-state index in [2.05, 4.69) is 30.0 Å². The Kier molecular flexibility index (Phi) is 2.17. The second-order valence-corrected chi connectivity index (χ2v) is 5.77. The number of hydrogen-bond donors (Lipinski definition) is 1. The topological polar surface area (TPSA) is 36.4 Å². The van der Waals surface area contributed by atoms with E-state index in [4.69, 9.17) is 0 Å². The predicted octanol–water partition coefficient (Wildman–Crippen LogP) is 1.44. The number of aromatic nitrogens is 1. The molecule has 2 rings (SSSR count). The van der Waals surface area contributed by atoms with Crippen LogP contribution in [0.5, 0.6) is 0 Å². The number of β-amino-alcohol motifs (C(OH)–C–C–N with tert-alkyl or cyclic N) is 1. The Balaban J connectivity index is 2.06. The molecule has 1 fully saturated rings. The molecule has 78 valence electrons. The molecule has 1 aromatic rings. The zero-order chi connectivity index (χ0) is 10.4. The minimum Gasteiger partial charge on any atom is -0.382 e. The molecule has 0 amide bonds. The molecule has 1 aliphatic heterocycles. The van der Waals surface area contributed by atoms with Crippen molar-refractivity contribution >= 4 is 11.5 Å². The van der Waals surface area contributed by atoms with Gasteiger partial charge in [-0.05, 0) is 38.4 Å². The third-order valence-electron chi connectivity index (χ3n) is 2.75. The predicted molar refractivity (Wildman–Crippen MR) is 57.3 cm³/mol. The van der Waals surface area contributed by atoms with Crippen LogP contribution in [0.3, 0.4) is 0 Å². The lowest BCUT2D eigenvalue weighted by atomic mass is 9.87. The maximum Gasteiger partial charge on any atom is 0.126 e. The smallest absolute Gasteiger partial charge is 0.126 e. The van der Waals surface area contributed by atoms with E-state index in [-0.39, 0.29) is 5.54 Å². The summed E-state index contributed by atoms with van der Waals surface area (Å²) >= 11 is 1.39. The van der Waals surface area contributed by atoms with E-state index < -0.39 is 5.60 Å². The van der Waals surface area contributed by atoms with Gasteiger partial charge in [0.1, 0.15) is 5.60 Å². The summed E-state index contributed by atoms with van der Waals surface area (Å²) < 4.78 is 4.02. The first-order valence-corrected chi connectivity index (χ1v) is 5.58. The van der Waals surface area contributed by atoms with Crippen molar-refractivity contribution in [1.82, 2.24) is 9.27 Å². The summed E-state index contributed by atoms with van der Waals surface area (Å²) in [6.07, 6.45) is 1.75. The first-order valence-electron chi connectivity index (χ1n) is 4.80. The maximum absolute atomic E-state index is 10.2. The van der Waals surface area contributed by atoms with Crippen LogP contribution in [-0.2, 0) is 5.60 Å². The number of likely N-dealkylation sites (tertiary alicyclic amines) is 1. The quantitative estimate of drug-likeness (QED) is 0.765. The zero-order valence-corrected chi connectivity index (χ0v) is 9.64. The van der Waals surface area contributed by atoms with Gasteiger partial charge >= 0.3 is 0 Å². The van der Waals surface area contributed by atoms with E-state index in [9.17, 15) is 5.11 Å². The number of aliphatic hydroxyl groups is 1. The van der Waals surface area contributed by atoms with Crippen molar-refractivity contribution in [2.45, 2.75) is 31.9 Å². The van der Waals surface area contributed by atoms with Crippen LogP contribution < -0.4 is 0 Å². The average Bonchev–Trinajstić information content (AvgIpc) is 2.48. The summed E-state index contributed by atoms with van der Waals surface area (Å²) in [6, 6.07) is 1.91. The van der Waals surface area contributed by atoms with Crippen molar-refractivity contribution in [3.05, 3.63) is 17.1 Å². The molecule has 0 spiro atoms. The minimum atomic E-state index is -0.644. The van der Waals surface area contributed by atoms with Crippen molar-refractivity contribution in [3.8, 4) is 0 Å². The molecular formula is C10H16N2OS. The lowest BCUT2D eigenvalue weighted by Crippen LogP contribution is -2.64. The van der Waals surface area contributed by atoms with Gasteiger partial charge in [0.2, 0.25) is 0 Å². The SMILES string of the molecule is CC(C)(C)N1CC(O)(c2ccns2)C1. The monoisotopic (exact) mass is 212 g/mol. The van der Waals surface area contributed by atoms with Crippen LogP contribution in [0.15, 0.2) is 12.3 Å². The van der Waals surface area contributed by atoms with Crippen LogP contribution in [0.4, 0.5) is 0 Å². The molecule has 1 aliphatic rings. The molecule has 1 N–H and O–H groups in total. The fourth-order valence-electron chi connectivity index (χ4n) is 1.67. The van der Waals surface area contributed by atoms with E-state index in [0.29, 0.717) is 0 Å². The highest BCUT2D eigenvalue weighted by Crippen LogP contribution is 2.37. The second-order valence-electron chi connectivity index (χ2n) is 4.94. The van der Waals surface area contributed by atoms with Gasteiger partial charge in [0.15, 0.2) is 0 Å². The third kappa shape index (κ3) is 1.58. The van der Waals surface area contributed by atoms with Crippen LogP contribution in [0.25, 0.3) is 0 Å². The maximum atomic E-state index is 10.2. The van der Waals surface area contributed by atoms with E-state index >= 15 is 0 Å². The van der Waals surface area contributed by atoms with Gasteiger partial charge in [0.25, 0.3) is 0 Å². The van der Waals surface area contributed by atoms with Gasteiger partial charge in [-0.1, -0.05) is 0 Å². The number of nitrogens with zero attached hydrogens (tertiary/aromatic N) is 2. The number of hydrogen-bond acceptors (Lipinski definition) is 4. The van der Waals surface area contributed by atoms with Gasteiger partial charge in [-0.2, -0.15) is 0 Å². The molecule has 4 heteroatoms. The lowest BCUT2D eigenvalue weighted by molar-refractivity contribution is -0.135. The summed E-state index contributed by atoms with van der Waals surface area (Å²) in [5, 5.41) is 10.2. The molecule has 1 aromatic heterocycles. The zero-order valence-electron chi connectivity index (χ0n) is 8.82. The van der Waals surface area contributed by atoms with Gasteiger partial charge in [0.05, 0.1) is 4.88 Å². The molecular weight excluding hydrogens is 196 g/mol. The molecule has 2 heterocycles. The Labute approximate surface area is 88.5 Å². The average molecular weight is 212 g/mol. The highest BCUT2D eigenvalue weighted by molar-refractivity contribution is 7.05. The van der Waals surface area contributed by atoms with Crippen molar-refractivity contribution in [1.29, 1.82) is 0 Å². The molecule has 0 atom stereocenters. The Bertz CT molecular complexity index is 309. The molecule has 3 nitrogen and oxygen atoms in total. The summed E-state index contributed by atoms with van der Waals surface area (Å²) in [5.41, 5.74) is -0.495. The summed E-state index contributed by atoms with van der Waals surface area (Å²) in [5.74, 6) is 0. The molecule has 0 radical (unpaired) electrons.